The number of benzene rings is 2. The first-order valence-corrected chi connectivity index (χ1v) is 7.81. The molecule has 0 bridgehead atoms. The molecule has 0 aliphatic heterocycles. The second-order valence-electron chi connectivity index (χ2n) is 6.02. The van der Waals surface area contributed by atoms with Crippen molar-refractivity contribution < 1.29 is 31.1 Å². The van der Waals surface area contributed by atoms with Crippen LogP contribution in [0.25, 0.3) is 22.0 Å². The van der Waals surface area contributed by atoms with E-state index in [1.54, 1.807) is 19.1 Å². The van der Waals surface area contributed by atoms with Crippen molar-refractivity contribution in [3.8, 4) is 17.0 Å². The van der Waals surface area contributed by atoms with Gasteiger partial charge in [0.1, 0.15) is 0 Å². The summed E-state index contributed by atoms with van der Waals surface area (Å²) in [6.07, 6.45) is -9.03. The van der Waals surface area contributed by atoms with Crippen LogP contribution in [-0.2, 0) is 6.18 Å². The standard InChI is InChI=1S/C19H13F6NO/c1-11-7-13-5-6-16(27-10-18(20,21)22)26-17(13)15(8-11)12-3-2-4-14(9-12)19(23,24)25/h2-9H,10H2,1H3. The topological polar surface area (TPSA) is 22.1 Å². The fourth-order valence-electron chi connectivity index (χ4n) is 2.69. The summed E-state index contributed by atoms with van der Waals surface area (Å²) in [5.41, 5.74) is 0.868. The van der Waals surface area contributed by atoms with Crippen molar-refractivity contribution in [1.29, 1.82) is 0 Å². The van der Waals surface area contributed by atoms with Crippen molar-refractivity contribution in [3.63, 3.8) is 0 Å². The van der Waals surface area contributed by atoms with Gasteiger partial charge in [0.25, 0.3) is 0 Å². The molecule has 0 saturated heterocycles. The molecule has 3 rings (SSSR count). The highest BCUT2D eigenvalue weighted by molar-refractivity contribution is 5.94. The lowest BCUT2D eigenvalue weighted by atomic mass is 9.98. The van der Waals surface area contributed by atoms with E-state index in [9.17, 15) is 26.3 Å². The van der Waals surface area contributed by atoms with E-state index >= 15 is 0 Å². The number of ether oxygens (including phenoxy) is 1. The van der Waals surface area contributed by atoms with Gasteiger partial charge in [-0.05, 0) is 48.4 Å². The molecule has 1 heterocycles. The summed E-state index contributed by atoms with van der Waals surface area (Å²) >= 11 is 0. The lowest BCUT2D eigenvalue weighted by molar-refractivity contribution is -0.154. The summed E-state index contributed by atoms with van der Waals surface area (Å²) < 4.78 is 80.7. The molecular formula is C19H13F6NO. The van der Waals surface area contributed by atoms with Crippen LogP contribution in [0.4, 0.5) is 26.3 Å². The average molecular weight is 385 g/mol. The van der Waals surface area contributed by atoms with E-state index in [-0.39, 0.29) is 17.0 Å². The van der Waals surface area contributed by atoms with Gasteiger partial charge in [-0.15, -0.1) is 0 Å². The third-order valence-electron chi connectivity index (χ3n) is 3.80. The Kier molecular flexibility index (Phi) is 4.75. The van der Waals surface area contributed by atoms with Crippen LogP contribution in [0.3, 0.4) is 0 Å². The molecule has 142 valence electrons. The first-order chi connectivity index (χ1) is 12.5. The van der Waals surface area contributed by atoms with Gasteiger partial charge in [-0.2, -0.15) is 26.3 Å². The summed E-state index contributed by atoms with van der Waals surface area (Å²) in [4.78, 5) is 4.08. The highest BCUT2D eigenvalue weighted by Gasteiger charge is 2.31. The predicted octanol–water partition coefficient (Wildman–Crippen LogP) is 6.17. The summed E-state index contributed by atoms with van der Waals surface area (Å²) in [5.74, 6) is -0.253. The third kappa shape index (κ3) is 4.50. The monoisotopic (exact) mass is 385 g/mol. The van der Waals surface area contributed by atoms with Gasteiger partial charge in [-0.25, -0.2) is 4.98 Å². The van der Waals surface area contributed by atoms with Crippen molar-refractivity contribution in [2.75, 3.05) is 6.61 Å². The van der Waals surface area contributed by atoms with E-state index in [0.717, 1.165) is 17.7 Å². The summed E-state index contributed by atoms with van der Waals surface area (Å²) in [6.45, 7) is 0.265. The molecule has 0 amide bonds. The van der Waals surface area contributed by atoms with Crippen LogP contribution in [0.1, 0.15) is 11.1 Å². The van der Waals surface area contributed by atoms with Gasteiger partial charge in [0.15, 0.2) is 6.61 Å². The number of aryl methyl sites for hydroxylation is 1. The largest absolute Gasteiger partial charge is 0.468 e. The zero-order chi connectivity index (χ0) is 19.8. The number of pyridine rings is 1. The fourth-order valence-corrected chi connectivity index (χ4v) is 2.69. The Labute approximate surface area is 150 Å². The van der Waals surface area contributed by atoms with Gasteiger partial charge in [0.2, 0.25) is 5.88 Å². The number of nitrogens with zero attached hydrogens (tertiary/aromatic N) is 1. The molecular weight excluding hydrogens is 372 g/mol. The van der Waals surface area contributed by atoms with Crippen molar-refractivity contribution >= 4 is 10.9 Å². The SMILES string of the molecule is Cc1cc(-c2cccc(C(F)(F)F)c2)c2nc(OCC(F)(F)F)ccc2c1. The zero-order valence-corrected chi connectivity index (χ0v) is 13.9. The highest BCUT2D eigenvalue weighted by atomic mass is 19.4. The van der Waals surface area contributed by atoms with Crippen LogP contribution in [0, 0.1) is 6.92 Å². The number of fused-ring (bicyclic) bond motifs is 1. The molecule has 0 N–H and O–H groups in total. The molecule has 1 aromatic heterocycles. The van der Waals surface area contributed by atoms with Gasteiger partial charge in [-0.1, -0.05) is 12.1 Å². The number of aromatic nitrogens is 1. The lowest BCUT2D eigenvalue weighted by Crippen LogP contribution is -2.19. The Balaban J connectivity index is 2.11. The quantitative estimate of drug-likeness (QED) is 0.503. The van der Waals surface area contributed by atoms with Crippen molar-refractivity contribution in [1.82, 2.24) is 4.98 Å². The van der Waals surface area contributed by atoms with Gasteiger partial charge in [-0.3, -0.25) is 0 Å². The average Bonchev–Trinajstić information content (AvgIpc) is 2.58. The minimum atomic E-state index is -4.52. The predicted molar refractivity (Wildman–Crippen MR) is 88.5 cm³/mol. The maximum atomic E-state index is 13.0. The molecule has 0 atom stereocenters. The number of rotatable bonds is 3. The van der Waals surface area contributed by atoms with Crippen molar-refractivity contribution in [2.45, 2.75) is 19.3 Å². The molecule has 0 saturated carbocycles. The molecule has 2 aromatic carbocycles. The Morgan fingerprint density at radius 1 is 0.926 bits per heavy atom. The molecule has 3 aromatic rings. The minimum absolute atomic E-state index is 0.253. The molecule has 2 nitrogen and oxygen atoms in total. The second-order valence-corrected chi connectivity index (χ2v) is 6.02. The number of hydrogen-bond donors (Lipinski definition) is 0. The minimum Gasteiger partial charge on any atom is -0.468 e. The normalized spacial score (nSPS) is 12.4. The smallest absolute Gasteiger partial charge is 0.422 e. The molecule has 0 aliphatic carbocycles. The van der Waals surface area contributed by atoms with E-state index in [0.29, 0.717) is 10.9 Å². The Morgan fingerprint density at radius 3 is 2.33 bits per heavy atom. The molecule has 0 spiro atoms. The second kappa shape index (κ2) is 6.75. The number of hydrogen-bond acceptors (Lipinski definition) is 2. The molecule has 27 heavy (non-hydrogen) atoms. The molecule has 8 heteroatoms. The molecule has 0 aliphatic rings. The molecule has 0 unspecified atom stereocenters. The van der Waals surface area contributed by atoms with Crippen LogP contribution in [-0.4, -0.2) is 17.8 Å². The van der Waals surface area contributed by atoms with Gasteiger partial charge in [0.05, 0.1) is 11.1 Å². The van der Waals surface area contributed by atoms with Gasteiger partial charge in [0, 0.05) is 17.0 Å². The van der Waals surface area contributed by atoms with E-state index in [4.69, 9.17) is 0 Å². The van der Waals surface area contributed by atoms with Crippen LogP contribution in [0.2, 0.25) is 0 Å². The Hall–Kier alpha value is -2.77. The number of alkyl halides is 6. The summed E-state index contributed by atoms with van der Waals surface area (Å²) in [7, 11) is 0. The van der Waals surface area contributed by atoms with Crippen LogP contribution in [0.5, 0.6) is 5.88 Å². The summed E-state index contributed by atoms with van der Waals surface area (Å²) in [5, 5.41) is 0.585. The first-order valence-electron chi connectivity index (χ1n) is 7.81. The van der Waals surface area contributed by atoms with E-state index in [1.807, 2.05) is 0 Å². The Bertz CT molecular complexity index is 978. The van der Waals surface area contributed by atoms with E-state index < -0.39 is 24.5 Å². The molecule has 0 radical (unpaired) electrons. The number of halogens is 6. The van der Waals surface area contributed by atoms with Crippen LogP contribution in [0.15, 0.2) is 48.5 Å². The first kappa shape index (κ1) is 19.0. The van der Waals surface area contributed by atoms with E-state index in [2.05, 4.69) is 9.72 Å². The maximum absolute atomic E-state index is 13.0. The highest BCUT2D eigenvalue weighted by Crippen LogP contribution is 2.35. The van der Waals surface area contributed by atoms with Crippen molar-refractivity contribution in [3.05, 3.63) is 59.7 Å². The van der Waals surface area contributed by atoms with Crippen LogP contribution < -0.4 is 4.74 Å². The van der Waals surface area contributed by atoms with Crippen LogP contribution >= 0.6 is 0 Å². The van der Waals surface area contributed by atoms with Gasteiger partial charge < -0.3 is 4.74 Å². The Morgan fingerprint density at radius 2 is 1.67 bits per heavy atom. The summed E-state index contributed by atoms with van der Waals surface area (Å²) in [6, 6.07) is 10.9. The third-order valence-corrected chi connectivity index (χ3v) is 3.80. The molecule has 0 fully saturated rings. The van der Waals surface area contributed by atoms with Gasteiger partial charge >= 0.3 is 12.4 Å². The maximum Gasteiger partial charge on any atom is 0.422 e. The zero-order valence-electron chi connectivity index (χ0n) is 13.9. The lowest BCUT2D eigenvalue weighted by Gasteiger charge is -2.13. The fraction of sp³-hybridized carbons (Fsp3) is 0.211. The van der Waals surface area contributed by atoms with E-state index in [1.165, 1.54) is 24.3 Å². The van der Waals surface area contributed by atoms with Crippen molar-refractivity contribution in [2.24, 2.45) is 0 Å².